The Morgan fingerprint density at radius 1 is 1.39 bits per heavy atom. The number of thioether (sulfide) groups is 1. The summed E-state index contributed by atoms with van der Waals surface area (Å²) in [6, 6.07) is 5.74. The van der Waals surface area contributed by atoms with Crippen molar-refractivity contribution in [3.05, 3.63) is 52.3 Å². The molecular weight excluding hydrogens is 394 g/mol. The highest BCUT2D eigenvalue weighted by atomic mass is 32.2. The zero-order valence-electron chi connectivity index (χ0n) is 15.6. The Morgan fingerprint density at radius 3 is 3.00 bits per heavy atom. The number of carbonyl (C=O) groups is 1. The van der Waals surface area contributed by atoms with Crippen LogP contribution in [0.3, 0.4) is 0 Å². The van der Waals surface area contributed by atoms with Crippen molar-refractivity contribution in [2.45, 2.75) is 5.37 Å². The van der Waals surface area contributed by atoms with E-state index < -0.39 is 0 Å². The second-order valence-corrected chi connectivity index (χ2v) is 8.44. The van der Waals surface area contributed by atoms with Gasteiger partial charge < -0.3 is 20.3 Å². The van der Waals surface area contributed by atoms with E-state index in [0.29, 0.717) is 10.0 Å². The van der Waals surface area contributed by atoms with Crippen molar-refractivity contribution in [2.75, 3.05) is 21.2 Å². The van der Waals surface area contributed by atoms with E-state index in [2.05, 4.69) is 20.6 Å². The van der Waals surface area contributed by atoms with Gasteiger partial charge in [0.1, 0.15) is 11.1 Å². The summed E-state index contributed by atoms with van der Waals surface area (Å²) in [6.07, 6.45) is 6.38. The van der Waals surface area contributed by atoms with Crippen molar-refractivity contribution in [2.24, 2.45) is 4.99 Å². The van der Waals surface area contributed by atoms with E-state index in [1.54, 1.807) is 13.4 Å². The van der Waals surface area contributed by atoms with Crippen molar-refractivity contribution in [3.63, 3.8) is 0 Å². The number of nitrogens with one attached hydrogen (secondary N) is 2. The molecule has 144 valence electrons. The topological polar surface area (TPSA) is 78.8 Å². The lowest BCUT2D eigenvalue weighted by atomic mass is 10.1. The number of nitrogens with zero attached hydrogens (tertiary/aromatic N) is 3. The molecule has 28 heavy (non-hydrogen) atoms. The van der Waals surface area contributed by atoms with Crippen molar-refractivity contribution in [1.29, 1.82) is 0 Å². The van der Waals surface area contributed by atoms with Crippen LogP contribution in [0.15, 0.2) is 57.3 Å². The zero-order chi connectivity index (χ0) is 19.7. The van der Waals surface area contributed by atoms with Crippen LogP contribution >= 0.6 is 23.1 Å². The van der Waals surface area contributed by atoms with Crippen molar-refractivity contribution in [3.8, 4) is 5.75 Å². The minimum atomic E-state index is 0.00779. The monoisotopic (exact) mass is 413 g/mol. The molecule has 0 bridgehead atoms. The Bertz CT molecular complexity index is 1050. The van der Waals surface area contributed by atoms with Crippen LogP contribution < -0.4 is 15.4 Å². The number of fused-ring (bicyclic) bond motifs is 2. The van der Waals surface area contributed by atoms with E-state index in [1.807, 2.05) is 49.5 Å². The molecule has 0 amide bonds. The van der Waals surface area contributed by atoms with Crippen LogP contribution in [0.4, 0.5) is 5.13 Å². The molecule has 2 aliphatic heterocycles. The number of hydrogen-bond donors (Lipinski definition) is 2. The Hall–Kier alpha value is -2.78. The maximum absolute atomic E-state index is 11.6. The molecule has 2 aromatic rings. The third-order valence-corrected chi connectivity index (χ3v) is 6.43. The molecule has 1 aromatic carbocycles. The Morgan fingerprint density at radius 2 is 2.25 bits per heavy atom. The largest absolute Gasteiger partial charge is 0.497 e. The number of aromatic nitrogens is 1. The first-order valence-electron chi connectivity index (χ1n) is 8.55. The van der Waals surface area contributed by atoms with Gasteiger partial charge in [0, 0.05) is 25.4 Å². The summed E-state index contributed by atoms with van der Waals surface area (Å²) in [5, 5.41) is 7.13. The van der Waals surface area contributed by atoms with Gasteiger partial charge in [-0.3, -0.25) is 4.79 Å². The van der Waals surface area contributed by atoms with E-state index >= 15 is 0 Å². The SMILES string of the molecule is COc1ccc2nc(/N=C/NC3=C(C=O)SC4NC=CC(N(C)C)=C34)sc2c1. The van der Waals surface area contributed by atoms with E-state index in [9.17, 15) is 4.79 Å². The number of ether oxygens (including phenoxy) is 1. The van der Waals surface area contributed by atoms with Crippen LogP contribution in [0.1, 0.15) is 0 Å². The summed E-state index contributed by atoms with van der Waals surface area (Å²) in [4.78, 5) is 23.2. The van der Waals surface area contributed by atoms with Gasteiger partial charge in [0.25, 0.3) is 0 Å². The summed E-state index contributed by atoms with van der Waals surface area (Å²) in [7, 11) is 5.61. The highest BCUT2D eigenvalue weighted by Gasteiger charge is 2.33. The number of aldehydes is 1. The fourth-order valence-electron chi connectivity index (χ4n) is 3.05. The third-order valence-electron chi connectivity index (χ3n) is 4.34. The van der Waals surface area contributed by atoms with Gasteiger partial charge >= 0.3 is 0 Å². The van der Waals surface area contributed by atoms with Gasteiger partial charge in [-0.05, 0) is 30.5 Å². The molecule has 0 fully saturated rings. The average Bonchev–Trinajstić information content (AvgIpc) is 3.27. The first kappa shape index (κ1) is 18.6. The van der Waals surface area contributed by atoms with Crippen LogP contribution in [-0.4, -0.2) is 49.1 Å². The molecule has 0 saturated carbocycles. The predicted molar refractivity (Wildman–Crippen MR) is 115 cm³/mol. The standard InChI is InChI=1S/C19H19N5O2S2/c1-24(2)13-6-7-20-18-16(13)17(15(9-25)27-18)21-10-22-19-23-12-5-4-11(26-3)8-14(12)28-19/h4-10,18,20H,1-3H3,(H,21,22,23). The predicted octanol–water partition coefficient (Wildman–Crippen LogP) is 2.97. The van der Waals surface area contributed by atoms with E-state index in [0.717, 1.165) is 39.2 Å². The number of likely N-dealkylation sites (N-methyl/N-ethyl adjacent to an activating group) is 1. The molecule has 0 aliphatic carbocycles. The molecular formula is C19H19N5O2S2. The summed E-state index contributed by atoms with van der Waals surface area (Å²) in [6.45, 7) is 0. The molecule has 7 nitrogen and oxygen atoms in total. The fraction of sp³-hybridized carbons (Fsp3) is 0.211. The van der Waals surface area contributed by atoms with Crippen LogP contribution in [-0.2, 0) is 4.79 Å². The van der Waals surface area contributed by atoms with Crippen molar-refractivity contribution >= 4 is 51.1 Å². The zero-order valence-corrected chi connectivity index (χ0v) is 17.2. The van der Waals surface area contributed by atoms with Crippen LogP contribution in [0.5, 0.6) is 5.75 Å². The average molecular weight is 414 g/mol. The fourth-order valence-corrected chi connectivity index (χ4v) is 4.98. The number of dihydropyridines is 1. The van der Waals surface area contributed by atoms with Crippen molar-refractivity contribution in [1.82, 2.24) is 20.5 Å². The maximum Gasteiger partial charge on any atom is 0.211 e. The van der Waals surface area contributed by atoms with Gasteiger partial charge in [-0.2, -0.15) is 0 Å². The normalized spacial score (nSPS) is 18.6. The molecule has 2 aliphatic rings. The number of hydrogen-bond acceptors (Lipinski definition) is 8. The van der Waals surface area contributed by atoms with Gasteiger partial charge in [0.05, 0.1) is 34.3 Å². The lowest BCUT2D eigenvalue weighted by molar-refractivity contribution is -0.104. The molecule has 0 saturated heterocycles. The number of thiazole rings is 1. The van der Waals surface area contributed by atoms with E-state index in [-0.39, 0.29) is 5.37 Å². The molecule has 9 heteroatoms. The summed E-state index contributed by atoms with van der Waals surface area (Å²) in [5.41, 5.74) is 3.75. The lowest BCUT2D eigenvalue weighted by Gasteiger charge is -2.26. The summed E-state index contributed by atoms with van der Waals surface area (Å²) in [5.74, 6) is 0.792. The Balaban J connectivity index is 1.60. The molecule has 4 rings (SSSR count). The van der Waals surface area contributed by atoms with Crippen LogP contribution in [0, 0.1) is 0 Å². The van der Waals surface area contributed by atoms with Crippen LogP contribution in [0.25, 0.3) is 10.2 Å². The minimum Gasteiger partial charge on any atom is -0.497 e. The highest BCUT2D eigenvalue weighted by molar-refractivity contribution is 8.05. The number of aliphatic imine (C=N–C) groups is 1. The van der Waals surface area contributed by atoms with E-state index in [1.165, 1.54) is 23.1 Å². The number of allylic oxidation sites excluding steroid dienone is 2. The number of carbonyl (C=O) groups excluding carboxylic acids is 1. The summed E-state index contributed by atoms with van der Waals surface area (Å²) < 4.78 is 6.26. The van der Waals surface area contributed by atoms with E-state index in [4.69, 9.17) is 4.74 Å². The minimum absolute atomic E-state index is 0.00779. The second kappa shape index (κ2) is 7.69. The molecule has 3 heterocycles. The van der Waals surface area contributed by atoms with Crippen LogP contribution in [0.2, 0.25) is 0 Å². The molecule has 2 N–H and O–H groups in total. The van der Waals surface area contributed by atoms with Gasteiger partial charge in [-0.1, -0.05) is 23.1 Å². The quantitative estimate of drug-likeness (QED) is 0.428. The van der Waals surface area contributed by atoms with Gasteiger partial charge in [0.15, 0.2) is 6.29 Å². The third kappa shape index (κ3) is 3.38. The molecule has 1 atom stereocenters. The second-order valence-electron chi connectivity index (χ2n) is 6.28. The number of methoxy groups -OCH3 is 1. The Kier molecular flexibility index (Phi) is 5.10. The van der Waals surface area contributed by atoms with Gasteiger partial charge in [-0.15, -0.1) is 0 Å². The Labute approximate surface area is 170 Å². The molecule has 0 spiro atoms. The first-order chi connectivity index (χ1) is 13.6. The maximum atomic E-state index is 11.6. The summed E-state index contributed by atoms with van der Waals surface area (Å²) >= 11 is 2.97. The van der Waals surface area contributed by atoms with Crippen molar-refractivity contribution < 1.29 is 9.53 Å². The number of rotatable bonds is 6. The molecule has 0 radical (unpaired) electrons. The smallest absolute Gasteiger partial charge is 0.211 e. The lowest BCUT2D eigenvalue weighted by Crippen LogP contribution is -2.30. The van der Waals surface area contributed by atoms with Gasteiger partial charge in [0.2, 0.25) is 5.13 Å². The molecule has 1 aromatic heterocycles. The van der Waals surface area contributed by atoms with Gasteiger partial charge in [-0.25, -0.2) is 9.98 Å². The molecule has 1 unspecified atom stereocenters. The first-order valence-corrected chi connectivity index (χ1v) is 10.2. The number of benzene rings is 1. The highest BCUT2D eigenvalue weighted by Crippen LogP contribution is 2.41.